The minimum atomic E-state index is -0.461. The van der Waals surface area contributed by atoms with Gasteiger partial charge in [0.25, 0.3) is 11.8 Å². The molecule has 0 aliphatic rings. The van der Waals surface area contributed by atoms with Crippen molar-refractivity contribution in [3.05, 3.63) is 60.7 Å². The number of carbonyl (C=O) groups is 2. The lowest BCUT2D eigenvalue weighted by Crippen LogP contribution is -2.32. The van der Waals surface area contributed by atoms with E-state index in [0.717, 1.165) is 0 Å². The Hall–Kier alpha value is -2.44. The third kappa shape index (κ3) is 5.06. The molecule has 1 aromatic rings. The van der Waals surface area contributed by atoms with Gasteiger partial charge in [0, 0.05) is 11.1 Å². The second-order valence-electron chi connectivity index (χ2n) is 3.00. The minimum absolute atomic E-state index is 0.300. The Bertz CT molecular complexity index is 406. The predicted octanol–water partition coefficient (Wildman–Crippen LogP) is 0.252. The largest absolute Gasteiger partial charge is 0.290 e. The van der Waals surface area contributed by atoms with Gasteiger partial charge in [0.05, 0.1) is 0 Å². The van der Waals surface area contributed by atoms with Crippen LogP contribution in [0.1, 0.15) is 20.7 Å². The fraction of sp³-hybridized carbons (Fsp3) is 0. The zero-order chi connectivity index (χ0) is 14.0. The van der Waals surface area contributed by atoms with E-state index in [0.29, 0.717) is 11.1 Å². The van der Waals surface area contributed by atoms with E-state index in [2.05, 4.69) is 13.2 Å². The molecule has 96 valence electrons. The number of benzene rings is 1. The topological polar surface area (TPSA) is 110 Å². The van der Waals surface area contributed by atoms with Crippen molar-refractivity contribution in [2.45, 2.75) is 0 Å². The maximum absolute atomic E-state index is 11.1. The average molecular weight is 248 g/mol. The van der Waals surface area contributed by atoms with Gasteiger partial charge in [0.1, 0.15) is 0 Å². The van der Waals surface area contributed by atoms with Crippen molar-refractivity contribution in [1.29, 1.82) is 0 Å². The fourth-order valence-electron chi connectivity index (χ4n) is 0.968. The van der Waals surface area contributed by atoms with E-state index in [1.54, 1.807) is 18.2 Å². The van der Waals surface area contributed by atoms with Crippen molar-refractivity contribution in [2.24, 2.45) is 11.7 Å². The maximum Gasteiger partial charge on any atom is 0.265 e. The molecule has 0 aliphatic carbocycles. The number of rotatable bonds is 3. The molecule has 0 bridgehead atoms. The lowest BCUT2D eigenvalue weighted by Gasteiger charge is -2.02. The Balaban J connectivity index is 0.000000631. The highest BCUT2D eigenvalue weighted by Gasteiger charge is 2.07. The first-order valence-corrected chi connectivity index (χ1v) is 4.96. The smallest absolute Gasteiger partial charge is 0.265 e. The summed E-state index contributed by atoms with van der Waals surface area (Å²) in [5, 5.41) is 0. The third-order valence-electron chi connectivity index (χ3n) is 1.82. The summed E-state index contributed by atoms with van der Waals surface area (Å²) in [6.07, 6.45) is 3.28. The van der Waals surface area contributed by atoms with Gasteiger partial charge in [-0.1, -0.05) is 31.4 Å². The van der Waals surface area contributed by atoms with Crippen LogP contribution in [-0.4, -0.2) is 11.8 Å². The van der Waals surface area contributed by atoms with Gasteiger partial charge in [-0.3, -0.25) is 20.4 Å². The van der Waals surface area contributed by atoms with Crippen LogP contribution in [-0.2, 0) is 0 Å². The summed E-state index contributed by atoms with van der Waals surface area (Å²) in [6, 6.07) is 6.03. The number of amides is 2. The van der Waals surface area contributed by atoms with Gasteiger partial charge in [-0.05, 0) is 18.2 Å². The van der Waals surface area contributed by atoms with Crippen LogP contribution in [0, 0.1) is 0 Å². The van der Waals surface area contributed by atoms with Gasteiger partial charge < -0.3 is 0 Å². The normalized spacial score (nSPS) is 8.33. The summed E-state index contributed by atoms with van der Waals surface area (Å²) < 4.78 is 0. The van der Waals surface area contributed by atoms with E-state index in [1.165, 1.54) is 18.2 Å². The zero-order valence-corrected chi connectivity index (χ0v) is 9.85. The summed E-state index contributed by atoms with van der Waals surface area (Å²) in [5.74, 6) is 8.95. The SMILES string of the molecule is C=CC=C.NNC(=O)c1cccc(C(=O)NN)c1. The Kier molecular flexibility index (Phi) is 7.51. The highest BCUT2D eigenvalue weighted by atomic mass is 16.2. The molecule has 0 atom stereocenters. The van der Waals surface area contributed by atoms with E-state index < -0.39 is 11.8 Å². The van der Waals surface area contributed by atoms with Gasteiger partial charge in [0.15, 0.2) is 0 Å². The van der Waals surface area contributed by atoms with Crippen molar-refractivity contribution in [2.75, 3.05) is 0 Å². The van der Waals surface area contributed by atoms with Crippen LogP contribution in [0.15, 0.2) is 49.6 Å². The summed E-state index contributed by atoms with van der Waals surface area (Å²) in [6.45, 7) is 6.72. The monoisotopic (exact) mass is 248 g/mol. The van der Waals surface area contributed by atoms with E-state index in [1.807, 2.05) is 10.9 Å². The second kappa shape index (κ2) is 8.68. The number of hydrazine groups is 2. The molecule has 6 heteroatoms. The van der Waals surface area contributed by atoms with Crippen LogP contribution in [0.4, 0.5) is 0 Å². The van der Waals surface area contributed by atoms with Crippen molar-refractivity contribution in [1.82, 2.24) is 10.9 Å². The first kappa shape index (κ1) is 15.6. The second-order valence-corrected chi connectivity index (χ2v) is 3.00. The summed E-state index contributed by atoms with van der Waals surface area (Å²) >= 11 is 0. The third-order valence-corrected chi connectivity index (χ3v) is 1.82. The molecule has 0 radical (unpaired) electrons. The number of nitrogens with two attached hydrogens (primary N) is 2. The lowest BCUT2D eigenvalue weighted by molar-refractivity contribution is 0.0953. The predicted molar refractivity (Wildman–Crippen MR) is 70.1 cm³/mol. The number of carbonyl (C=O) groups excluding carboxylic acids is 2. The molecule has 1 rings (SSSR count). The standard InChI is InChI=1S/C8H10N4O2.C4H6/c9-11-7(13)5-2-1-3-6(4-5)8(14)12-10;1-3-4-2/h1-4H,9-10H2,(H,11,13)(H,12,14);3-4H,1-2H2. The van der Waals surface area contributed by atoms with Gasteiger partial charge in [0.2, 0.25) is 0 Å². The molecular weight excluding hydrogens is 232 g/mol. The Morgan fingerprint density at radius 3 is 1.67 bits per heavy atom. The van der Waals surface area contributed by atoms with Gasteiger partial charge in [-0.15, -0.1) is 0 Å². The summed E-state index contributed by atoms with van der Waals surface area (Å²) in [4.78, 5) is 22.2. The van der Waals surface area contributed by atoms with Crippen molar-refractivity contribution >= 4 is 11.8 Å². The van der Waals surface area contributed by atoms with Crippen LogP contribution in [0.5, 0.6) is 0 Å². The number of nitrogen functional groups attached to an aromatic ring is 2. The van der Waals surface area contributed by atoms with Crippen LogP contribution in [0.2, 0.25) is 0 Å². The minimum Gasteiger partial charge on any atom is -0.290 e. The Morgan fingerprint density at radius 1 is 1.00 bits per heavy atom. The number of hydrogen-bond acceptors (Lipinski definition) is 4. The van der Waals surface area contributed by atoms with E-state index in [9.17, 15) is 9.59 Å². The van der Waals surface area contributed by atoms with Crippen molar-refractivity contribution < 1.29 is 9.59 Å². The Morgan fingerprint density at radius 2 is 1.39 bits per heavy atom. The summed E-state index contributed by atoms with van der Waals surface area (Å²) in [5.41, 5.74) is 4.53. The van der Waals surface area contributed by atoms with Crippen molar-refractivity contribution in [3.63, 3.8) is 0 Å². The van der Waals surface area contributed by atoms with E-state index >= 15 is 0 Å². The van der Waals surface area contributed by atoms with Crippen molar-refractivity contribution in [3.8, 4) is 0 Å². The maximum atomic E-state index is 11.1. The van der Waals surface area contributed by atoms with E-state index in [4.69, 9.17) is 11.7 Å². The highest BCUT2D eigenvalue weighted by Crippen LogP contribution is 2.04. The number of hydrogen-bond donors (Lipinski definition) is 4. The molecule has 1 aromatic carbocycles. The quantitative estimate of drug-likeness (QED) is 0.266. The molecule has 0 fully saturated rings. The van der Waals surface area contributed by atoms with Crippen LogP contribution < -0.4 is 22.5 Å². The first-order chi connectivity index (χ1) is 8.60. The molecule has 0 spiro atoms. The molecule has 2 amide bonds. The molecule has 0 saturated heterocycles. The molecule has 0 saturated carbocycles. The lowest BCUT2D eigenvalue weighted by atomic mass is 10.1. The molecule has 0 aliphatic heterocycles. The first-order valence-electron chi connectivity index (χ1n) is 4.96. The van der Waals surface area contributed by atoms with Gasteiger partial charge in [-0.25, -0.2) is 11.7 Å². The number of nitrogens with one attached hydrogen (secondary N) is 2. The molecule has 6 nitrogen and oxygen atoms in total. The zero-order valence-electron chi connectivity index (χ0n) is 9.85. The molecule has 0 unspecified atom stereocenters. The van der Waals surface area contributed by atoms with Crippen LogP contribution in [0.3, 0.4) is 0 Å². The van der Waals surface area contributed by atoms with Gasteiger partial charge in [-0.2, -0.15) is 0 Å². The van der Waals surface area contributed by atoms with Gasteiger partial charge >= 0.3 is 0 Å². The summed E-state index contributed by atoms with van der Waals surface area (Å²) in [7, 11) is 0. The molecular formula is C12H16N4O2. The van der Waals surface area contributed by atoms with Crippen LogP contribution in [0.25, 0.3) is 0 Å². The number of allylic oxidation sites excluding steroid dienone is 2. The molecule has 0 heterocycles. The Labute approximate surface area is 105 Å². The van der Waals surface area contributed by atoms with E-state index in [-0.39, 0.29) is 0 Å². The fourth-order valence-corrected chi connectivity index (χ4v) is 0.968. The molecule has 6 N–H and O–H groups in total. The van der Waals surface area contributed by atoms with Crippen LogP contribution >= 0.6 is 0 Å². The molecule has 18 heavy (non-hydrogen) atoms. The average Bonchev–Trinajstić information content (AvgIpc) is 2.45. The highest BCUT2D eigenvalue weighted by molar-refractivity contribution is 5.99. The molecule has 0 aromatic heterocycles.